The van der Waals surface area contributed by atoms with Gasteiger partial charge in [0.2, 0.25) is 0 Å². The van der Waals surface area contributed by atoms with Crippen LogP contribution in [-0.4, -0.2) is 43.2 Å². The fourth-order valence-corrected chi connectivity index (χ4v) is 4.90. The number of fused-ring (bicyclic) bond motifs is 1. The Morgan fingerprint density at radius 1 is 1.31 bits per heavy atom. The maximum Gasteiger partial charge on any atom is 0.306 e. The molecule has 2 aromatic rings. The minimum atomic E-state index is -0.713. The summed E-state index contributed by atoms with van der Waals surface area (Å²) in [6.07, 6.45) is 11.5. The van der Waals surface area contributed by atoms with Crippen molar-refractivity contribution in [2.24, 2.45) is 11.1 Å². The summed E-state index contributed by atoms with van der Waals surface area (Å²) < 4.78 is 1.88. The van der Waals surface area contributed by atoms with E-state index in [1.54, 1.807) is 0 Å². The summed E-state index contributed by atoms with van der Waals surface area (Å²) in [6.45, 7) is 2.78. The summed E-state index contributed by atoms with van der Waals surface area (Å²) >= 11 is 0. The highest BCUT2D eigenvalue weighted by molar-refractivity contribution is 6.10. The van der Waals surface area contributed by atoms with Crippen LogP contribution in [0.25, 0.3) is 11.0 Å². The van der Waals surface area contributed by atoms with Gasteiger partial charge in [-0.3, -0.25) is 4.79 Å². The Hall–Kier alpha value is -2.64. The fourth-order valence-electron chi connectivity index (χ4n) is 4.90. The van der Waals surface area contributed by atoms with Crippen molar-refractivity contribution in [2.45, 2.75) is 76.5 Å². The maximum absolute atomic E-state index is 11.2. The van der Waals surface area contributed by atoms with Gasteiger partial charge in [0.05, 0.1) is 28.9 Å². The van der Waals surface area contributed by atoms with E-state index in [1.165, 1.54) is 19.3 Å². The Kier molecular flexibility index (Phi) is 4.44. The fraction of sp³-hybridized carbons (Fsp3) is 0.619. The quantitative estimate of drug-likeness (QED) is 0.800. The van der Waals surface area contributed by atoms with Crippen molar-refractivity contribution >= 4 is 28.4 Å². The smallest absolute Gasteiger partial charge is 0.306 e. The van der Waals surface area contributed by atoms with Crippen molar-refractivity contribution in [1.82, 2.24) is 14.8 Å². The van der Waals surface area contributed by atoms with Gasteiger partial charge in [0.25, 0.3) is 0 Å². The Bertz CT molecular complexity index is 970. The average molecular weight is 397 g/mol. The lowest BCUT2D eigenvalue weighted by Crippen LogP contribution is -2.40. The highest BCUT2D eigenvalue weighted by Gasteiger charge is 2.42. The summed E-state index contributed by atoms with van der Waals surface area (Å²) in [5.41, 5.74) is 3.52. The molecule has 0 amide bonds. The van der Waals surface area contributed by atoms with Gasteiger partial charge in [0.1, 0.15) is 5.60 Å². The topological polar surface area (TPSA) is 102 Å². The van der Waals surface area contributed by atoms with Gasteiger partial charge in [-0.05, 0) is 45.4 Å². The van der Waals surface area contributed by atoms with Gasteiger partial charge in [0.15, 0.2) is 5.65 Å². The van der Waals surface area contributed by atoms with Crippen molar-refractivity contribution in [3.8, 4) is 0 Å². The molecule has 1 spiro atoms. The Balaban J connectivity index is 1.47. The number of nitrogens with one attached hydrogen (secondary N) is 1. The SMILES string of the molecule is CCn1ncc2c(NC3CC(C(=O)O)C3)c(C3=NOC4(CCCCC4)C3)cnc21. The number of aryl methyl sites for hydroxylation is 1. The maximum atomic E-state index is 11.2. The molecule has 3 aliphatic rings. The van der Waals surface area contributed by atoms with Crippen LogP contribution in [0.3, 0.4) is 0 Å². The molecule has 2 N–H and O–H groups in total. The monoisotopic (exact) mass is 397 g/mol. The van der Waals surface area contributed by atoms with Gasteiger partial charge in [-0.1, -0.05) is 11.6 Å². The van der Waals surface area contributed by atoms with Crippen LogP contribution in [0, 0.1) is 5.92 Å². The van der Waals surface area contributed by atoms with Crippen molar-refractivity contribution < 1.29 is 14.7 Å². The molecule has 3 heterocycles. The van der Waals surface area contributed by atoms with Gasteiger partial charge in [-0.15, -0.1) is 0 Å². The molecule has 0 saturated heterocycles. The lowest BCUT2D eigenvalue weighted by atomic mass is 9.79. The number of aliphatic carboxylic acids is 1. The molecule has 0 unspecified atom stereocenters. The molecule has 2 saturated carbocycles. The number of carbonyl (C=O) groups is 1. The number of carboxylic acid groups (broad SMARTS) is 1. The summed E-state index contributed by atoms with van der Waals surface area (Å²) in [5.74, 6) is -0.973. The lowest BCUT2D eigenvalue weighted by molar-refractivity contribution is -0.144. The predicted molar refractivity (Wildman–Crippen MR) is 109 cm³/mol. The van der Waals surface area contributed by atoms with Crippen LogP contribution in [0.2, 0.25) is 0 Å². The summed E-state index contributed by atoms with van der Waals surface area (Å²) in [4.78, 5) is 21.8. The summed E-state index contributed by atoms with van der Waals surface area (Å²) in [7, 11) is 0. The van der Waals surface area contributed by atoms with Gasteiger partial charge < -0.3 is 15.3 Å². The first kappa shape index (κ1) is 18.4. The minimum absolute atomic E-state index is 0.136. The number of hydrogen-bond donors (Lipinski definition) is 2. The van der Waals surface area contributed by atoms with Crippen LogP contribution in [0.15, 0.2) is 17.5 Å². The molecule has 2 fully saturated rings. The number of hydrogen-bond acceptors (Lipinski definition) is 6. The number of carboxylic acids is 1. The highest BCUT2D eigenvalue weighted by atomic mass is 16.7. The number of oxime groups is 1. The van der Waals surface area contributed by atoms with E-state index in [-0.39, 0.29) is 17.6 Å². The van der Waals surface area contributed by atoms with E-state index in [0.29, 0.717) is 12.8 Å². The van der Waals surface area contributed by atoms with Crippen LogP contribution < -0.4 is 5.32 Å². The standard InChI is InChI=1S/C21H27N5O3/c1-2-26-19-16(12-23-26)18(24-14-8-13(9-14)20(27)28)15(11-22-19)17-10-21(29-25-17)6-4-3-5-7-21/h11-14H,2-10H2,1H3,(H,22,24)(H,27,28). The number of nitrogens with zero attached hydrogens (tertiary/aromatic N) is 4. The van der Waals surface area contributed by atoms with Crippen molar-refractivity contribution in [2.75, 3.05) is 5.32 Å². The molecule has 0 bridgehead atoms. The summed E-state index contributed by atoms with van der Waals surface area (Å²) in [6, 6.07) is 0.136. The molecule has 0 radical (unpaired) electrons. The molecule has 8 heteroatoms. The van der Waals surface area contributed by atoms with Gasteiger partial charge in [0, 0.05) is 30.8 Å². The molecule has 0 atom stereocenters. The molecule has 5 rings (SSSR count). The van der Waals surface area contributed by atoms with Crippen LogP contribution in [0.5, 0.6) is 0 Å². The van der Waals surface area contributed by atoms with Gasteiger partial charge in [-0.2, -0.15) is 5.10 Å². The summed E-state index contributed by atoms with van der Waals surface area (Å²) in [5, 5.41) is 22.7. The molecule has 154 valence electrons. The molecule has 29 heavy (non-hydrogen) atoms. The molecule has 1 aliphatic heterocycles. The van der Waals surface area contributed by atoms with Gasteiger partial charge >= 0.3 is 5.97 Å². The van der Waals surface area contributed by atoms with E-state index in [2.05, 4.69) is 20.6 Å². The third-order valence-corrected chi connectivity index (χ3v) is 6.72. The molecular weight excluding hydrogens is 370 g/mol. The first-order valence-electron chi connectivity index (χ1n) is 10.7. The second-order valence-corrected chi connectivity index (χ2v) is 8.64. The zero-order chi connectivity index (χ0) is 20.0. The zero-order valence-corrected chi connectivity index (χ0v) is 16.7. The molecular formula is C21H27N5O3. The van der Waals surface area contributed by atoms with Crippen molar-refractivity contribution in [3.05, 3.63) is 18.0 Å². The van der Waals surface area contributed by atoms with E-state index < -0.39 is 5.97 Å². The average Bonchev–Trinajstić information content (AvgIpc) is 3.29. The lowest BCUT2D eigenvalue weighted by Gasteiger charge is -2.34. The number of anilines is 1. The second-order valence-electron chi connectivity index (χ2n) is 8.64. The largest absolute Gasteiger partial charge is 0.481 e. The van der Waals surface area contributed by atoms with Crippen LogP contribution in [0.4, 0.5) is 5.69 Å². The van der Waals surface area contributed by atoms with E-state index in [9.17, 15) is 9.90 Å². The third kappa shape index (κ3) is 3.14. The zero-order valence-electron chi connectivity index (χ0n) is 16.7. The highest BCUT2D eigenvalue weighted by Crippen LogP contribution is 2.42. The second kappa shape index (κ2) is 7.00. The minimum Gasteiger partial charge on any atom is -0.481 e. The van der Waals surface area contributed by atoms with E-state index >= 15 is 0 Å². The molecule has 2 aliphatic carbocycles. The number of pyridine rings is 1. The predicted octanol–water partition coefficient (Wildman–Crippen LogP) is 3.55. The van der Waals surface area contributed by atoms with Crippen LogP contribution in [-0.2, 0) is 16.2 Å². The van der Waals surface area contributed by atoms with E-state index in [0.717, 1.165) is 53.8 Å². The molecule has 8 nitrogen and oxygen atoms in total. The van der Waals surface area contributed by atoms with Gasteiger partial charge in [-0.25, -0.2) is 9.67 Å². The normalized spacial score (nSPS) is 25.5. The van der Waals surface area contributed by atoms with Crippen molar-refractivity contribution in [3.63, 3.8) is 0 Å². The first-order chi connectivity index (χ1) is 14.1. The Morgan fingerprint density at radius 2 is 2.10 bits per heavy atom. The Morgan fingerprint density at radius 3 is 2.83 bits per heavy atom. The van der Waals surface area contributed by atoms with E-state index in [4.69, 9.17) is 4.84 Å². The first-order valence-corrected chi connectivity index (χ1v) is 10.7. The van der Waals surface area contributed by atoms with E-state index in [1.807, 2.05) is 24.0 Å². The molecule has 2 aromatic heterocycles. The third-order valence-electron chi connectivity index (χ3n) is 6.72. The van der Waals surface area contributed by atoms with Crippen LogP contribution in [0.1, 0.15) is 63.9 Å². The van der Waals surface area contributed by atoms with Crippen molar-refractivity contribution in [1.29, 1.82) is 0 Å². The number of rotatable bonds is 5. The van der Waals surface area contributed by atoms with Crippen LogP contribution >= 0.6 is 0 Å². The number of aromatic nitrogens is 3. The molecule has 0 aromatic carbocycles. The Labute approximate surface area is 169 Å².